The largest absolute Gasteiger partial charge is 0.491 e. The Labute approximate surface area is 193 Å². The van der Waals surface area contributed by atoms with E-state index in [4.69, 9.17) is 27.9 Å². The van der Waals surface area contributed by atoms with Gasteiger partial charge in [-0.05, 0) is 49.1 Å². The number of benzene rings is 2. The number of aryl methyl sites for hydroxylation is 1. The monoisotopic (exact) mass is 484 g/mol. The van der Waals surface area contributed by atoms with E-state index in [2.05, 4.69) is 5.32 Å². The smallest absolute Gasteiger partial charge is 0.224 e. The molecule has 1 amide bonds. The van der Waals surface area contributed by atoms with Crippen molar-refractivity contribution in [1.82, 2.24) is 9.62 Å². The van der Waals surface area contributed by atoms with E-state index in [0.29, 0.717) is 48.1 Å². The summed E-state index contributed by atoms with van der Waals surface area (Å²) >= 11 is 11.9. The number of piperidine rings is 1. The maximum absolute atomic E-state index is 12.9. The number of hydrogen-bond acceptors (Lipinski definition) is 4. The normalized spacial score (nSPS) is 17.3. The predicted molar refractivity (Wildman–Crippen MR) is 123 cm³/mol. The van der Waals surface area contributed by atoms with Gasteiger partial charge in [0.05, 0.1) is 28.3 Å². The molecule has 0 bridgehead atoms. The van der Waals surface area contributed by atoms with Crippen LogP contribution in [0.2, 0.25) is 10.0 Å². The lowest BCUT2D eigenvalue weighted by Gasteiger charge is -2.31. The third-order valence-electron chi connectivity index (χ3n) is 5.23. The van der Waals surface area contributed by atoms with Crippen molar-refractivity contribution < 1.29 is 17.9 Å². The molecule has 1 aliphatic rings. The number of carbonyl (C=O) groups is 1. The molecule has 1 atom stereocenters. The summed E-state index contributed by atoms with van der Waals surface area (Å²) in [6.45, 7) is 3.25. The van der Waals surface area contributed by atoms with Gasteiger partial charge in [0.2, 0.25) is 15.9 Å². The summed E-state index contributed by atoms with van der Waals surface area (Å²) in [5.74, 6) is 0.0790. The van der Waals surface area contributed by atoms with Crippen molar-refractivity contribution in [2.45, 2.75) is 25.5 Å². The third-order valence-corrected chi connectivity index (χ3v) is 7.79. The molecule has 0 aromatic heterocycles. The number of amides is 1. The molecule has 3 rings (SSSR count). The number of rotatable bonds is 8. The summed E-state index contributed by atoms with van der Waals surface area (Å²) in [6, 6.07) is 12.5. The first-order valence-electron chi connectivity index (χ1n) is 10.1. The Morgan fingerprint density at radius 1 is 1.19 bits per heavy atom. The number of halogens is 2. The van der Waals surface area contributed by atoms with Crippen molar-refractivity contribution in [2.24, 2.45) is 5.92 Å². The first-order valence-corrected chi connectivity index (χ1v) is 12.5. The van der Waals surface area contributed by atoms with E-state index in [1.807, 2.05) is 31.2 Å². The molecular formula is C22H26Cl2N2O4S. The zero-order valence-electron chi connectivity index (χ0n) is 17.3. The molecule has 2 aromatic carbocycles. The van der Waals surface area contributed by atoms with Gasteiger partial charge in [-0.1, -0.05) is 47.5 Å². The lowest BCUT2D eigenvalue weighted by atomic mass is 9.99. The van der Waals surface area contributed by atoms with Gasteiger partial charge < -0.3 is 10.1 Å². The van der Waals surface area contributed by atoms with Crippen molar-refractivity contribution in [3.8, 4) is 5.75 Å². The molecule has 9 heteroatoms. The minimum atomic E-state index is -3.57. The zero-order valence-corrected chi connectivity index (χ0v) is 19.6. The van der Waals surface area contributed by atoms with Crippen LogP contribution in [0.25, 0.3) is 0 Å². The van der Waals surface area contributed by atoms with E-state index >= 15 is 0 Å². The molecule has 1 saturated heterocycles. The van der Waals surface area contributed by atoms with Crippen molar-refractivity contribution in [3.05, 3.63) is 63.6 Å². The number of nitrogens with one attached hydrogen (secondary N) is 1. The zero-order chi connectivity index (χ0) is 22.4. The highest BCUT2D eigenvalue weighted by atomic mass is 35.5. The van der Waals surface area contributed by atoms with Crippen LogP contribution in [-0.4, -0.2) is 44.9 Å². The minimum Gasteiger partial charge on any atom is -0.491 e. The van der Waals surface area contributed by atoms with Crippen LogP contribution in [0, 0.1) is 12.8 Å². The van der Waals surface area contributed by atoms with Gasteiger partial charge in [-0.2, -0.15) is 0 Å². The van der Waals surface area contributed by atoms with Gasteiger partial charge in [0.25, 0.3) is 0 Å². The molecule has 168 valence electrons. The molecular weight excluding hydrogens is 459 g/mol. The summed E-state index contributed by atoms with van der Waals surface area (Å²) in [6.07, 6.45) is 1.29. The second-order valence-electron chi connectivity index (χ2n) is 7.61. The lowest BCUT2D eigenvalue weighted by Crippen LogP contribution is -2.46. The number of carbonyl (C=O) groups excluding carboxylic acids is 1. The Balaban J connectivity index is 1.51. The fourth-order valence-corrected chi connectivity index (χ4v) is 5.46. The number of para-hydroxylation sites is 1. The Kier molecular flexibility index (Phi) is 8.22. The molecule has 0 spiro atoms. The first kappa shape index (κ1) is 23.9. The van der Waals surface area contributed by atoms with Crippen LogP contribution >= 0.6 is 23.2 Å². The maximum atomic E-state index is 12.9. The summed E-state index contributed by atoms with van der Waals surface area (Å²) in [7, 11) is -3.57. The van der Waals surface area contributed by atoms with Gasteiger partial charge in [0.15, 0.2) is 0 Å². The van der Waals surface area contributed by atoms with Crippen molar-refractivity contribution in [1.29, 1.82) is 0 Å². The van der Waals surface area contributed by atoms with Crippen LogP contribution in [0.3, 0.4) is 0 Å². The fraction of sp³-hybridized carbons (Fsp3) is 0.409. The van der Waals surface area contributed by atoms with Crippen LogP contribution < -0.4 is 10.1 Å². The average Bonchev–Trinajstić information content (AvgIpc) is 2.75. The van der Waals surface area contributed by atoms with Crippen LogP contribution in [0.4, 0.5) is 0 Å². The SMILES string of the molecule is Cc1ccccc1OCCNC(=O)C1CCCN(S(=O)(=O)Cc2ccc(Cl)c(Cl)c2)C1. The molecule has 1 heterocycles. The summed E-state index contributed by atoms with van der Waals surface area (Å²) < 4.78 is 32.8. The summed E-state index contributed by atoms with van der Waals surface area (Å²) in [4.78, 5) is 12.6. The predicted octanol–water partition coefficient (Wildman–Crippen LogP) is 4.04. The highest BCUT2D eigenvalue weighted by Crippen LogP contribution is 2.26. The number of ether oxygens (including phenoxy) is 1. The highest BCUT2D eigenvalue weighted by Gasteiger charge is 2.32. The highest BCUT2D eigenvalue weighted by molar-refractivity contribution is 7.88. The molecule has 1 unspecified atom stereocenters. The fourth-order valence-electron chi connectivity index (χ4n) is 3.54. The van der Waals surface area contributed by atoms with E-state index in [9.17, 15) is 13.2 Å². The first-order chi connectivity index (χ1) is 14.8. The second-order valence-corrected chi connectivity index (χ2v) is 10.4. The number of nitrogens with zero attached hydrogens (tertiary/aromatic N) is 1. The van der Waals surface area contributed by atoms with Gasteiger partial charge in [-0.3, -0.25) is 4.79 Å². The van der Waals surface area contributed by atoms with E-state index in [1.54, 1.807) is 18.2 Å². The van der Waals surface area contributed by atoms with Gasteiger partial charge >= 0.3 is 0 Å². The second kappa shape index (κ2) is 10.7. The van der Waals surface area contributed by atoms with E-state index < -0.39 is 10.0 Å². The molecule has 6 nitrogen and oxygen atoms in total. The minimum absolute atomic E-state index is 0.150. The molecule has 2 aromatic rings. The van der Waals surface area contributed by atoms with E-state index in [0.717, 1.165) is 11.3 Å². The quantitative estimate of drug-likeness (QED) is 0.573. The van der Waals surface area contributed by atoms with Crippen molar-refractivity contribution >= 4 is 39.1 Å². The Morgan fingerprint density at radius 3 is 2.71 bits per heavy atom. The van der Waals surface area contributed by atoms with Gasteiger partial charge in [0.1, 0.15) is 12.4 Å². The van der Waals surface area contributed by atoms with E-state index in [-0.39, 0.29) is 24.1 Å². The van der Waals surface area contributed by atoms with Gasteiger partial charge in [-0.25, -0.2) is 12.7 Å². The molecule has 31 heavy (non-hydrogen) atoms. The third kappa shape index (κ3) is 6.59. The standard InChI is InChI=1S/C22H26Cl2N2O4S/c1-16-5-2-3-7-21(16)30-12-10-25-22(27)18-6-4-11-26(14-18)31(28,29)15-17-8-9-19(23)20(24)13-17/h2-3,5,7-9,13,18H,4,6,10-12,14-15H2,1H3,(H,25,27). The Morgan fingerprint density at radius 2 is 1.97 bits per heavy atom. The summed E-state index contributed by atoms with van der Waals surface area (Å²) in [5, 5.41) is 3.56. The topological polar surface area (TPSA) is 75.7 Å². The van der Waals surface area contributed by atoms with Crippen molar-refractivity contribution in [3.63, 3.8) is 0 Å². The van der Waals surface area contributed by atoms with Gasteiger partial charge in [0, 0.05) is 13.1 Å². The molecule has 0 radical (unpaired) electrons. The Bertz CT molecular complexity index is 1030. The molecule has 1 aliphatic heterocycles. The van der Waals surface area contributed by atoms with Crippen molar-refractivity contribution in [2.75, 3.05) is 26.2 Å². The maximum Gasteiger partial charge on any atom is 0.224 e. The molecule has 0 saturated carbocycles. The molecule has 1 fully saturated rings. The lowest BCUT2D eigenvalue weighted by molar-refractivity contribution is -0.126. The number of sulfonamides is 1. The van der Waals surface area contributed by atoms with E-state index in [1.165, 1.54) is 4.31 Å². The average molecular weight is 485 g/mol. The molecule has 0 aliphatic carbocycles. The van der Waals surface area contributed by atoms with Gasteiger partial charge in [-0.15, -0.1) is 0 Å². The van der Waals surface area contributed by atoms with Crippen LogP contribution in [0.15, 0.2) is 42.5 Å². The van der Waals surface area contributed by atoms with Crippen LogP contribution in [0.1, 0.15) is 24.0 Å². The van der Waals surface area contributed by atoms with Crippen LogP contribution in [0.5, 0.6) is 5.75 Å². The molecule has 1 N–H and O–H groups in total. The van der Waals surface area contributed by atoms with Crippen LogP contribution in [-0.2, 0) is 20.6 Å². The Hall–Kier alpha value is -1.80. The summed E-state index contributed by atoms with van der Waals surface area (Å²) in [5.41, 5.74) is 1.60. The number of hydrogen-bond donors (Lipinski definition) is 1.